The number of amides is 1. The van der Waals surface area contributed by atoms with Crippen molar-refractivity contribution < 1.29 is 4.79 Å². The largest absolute Gasteiger partial charge is 0.369 e. The predicted octanol–water partition coefficient (Wildman–Crippen LogP) is 0.816. The van der Waals surface area contributed by atoms with E-state index in [2.05, 4.69) is 12.6 Å². The molecule has 0 aliphatic rings. The standard InChI is InChI=1S/C6H13NOS/c1-4(6(7)8)3-5(2)9/h4-5,9H,3H2,1-2H3,(H2,7,8). The molecular formula is C6H13NOS. The van der Waals surface area contributed by atoms with Crippen LogP contribution in [0.15, 0.2) is 0 Å². The lowest BCUT2D eigenvalue weighted by Crippen LogP contribution is -2.22. The molecule has 0 aromatic rings. The van der Waals surface area contributed by atoms with E-state index >= 15 is 0 Å². The molecule has 3 heteroatoms. The summed E-state index contributed by atoms with van der Waals surface area (Å²) in [5.41, 5.74) is 5.01. The SMILES string of the molecule is CC(S)CC(C)C(N)=O. The second-order valence-electron chi connectivity index (χ2n) is 2.39. The van der Waals surface area contributed by atoms with E-state index in [1.165, 1.54) is 0 Å². The molecule has 0 radical (unpaired) electrons. The smallest absolute Gasteiger partial charge is 0.220 e. The van der Waals surface area contributed by atoms with Crippen LogP contribution in [0, 0.1) is 5.92 Å². The monoisotopic (exact) mass is 147 g/mol. The molecule has 1 amide bonds. The molecule has 2 unspecified atom stereocenters. The van der Waals surface area contributed by atoms with E-state index in [0.29, 0.717) is 0 Å². The lowest BCUT2D eigenvalue weighted by Gasteiger charge is -2.07. The Morgan fingerprint density at radius 3 is 2.22 bits per heavy atom. The Morgan fingerprint density at radius 1 is 1.67 bits per heavy atom. The van der Waals surface area contributed by atoms with Crippen molar-refractivity contribution in [3.8, 4) is 0 Å². The molecule has 2 nitrogen and oxygen atoms in total. The summed E-state index contributed by atoms with van der Waals surface area (Å²) in [6.45, 7) is 3.76. The van der Waals surface area contributed by atoms with Gasteiger partial charge in [-0.2, -0.15) is 12.6 Å². The summed E-state index contributed by atoms with van der Waals surface area (Å²) in [5.74, 6) is -0.284. The lowest BCUT2D eigenvalue weighted by molar-refractivity contribution is -0.121. The van der Waals surface area contributed by atoms with Crippen LogP contribution in [0.5, 0.6) is 0 Å². The summed E-state index contributed by atoms with van der Waals surface area (Å²) in [6, 6.07) is 0. The average molecular weight is 147 g/mol. The maximum absolute atomic E-state index is 10.4. The minimum Gasteiger partial charge on any atom is -0.369 e. The number of rotatable bonds is 3. The average Bonchev–Trinajstić information content (AvgIpc) is 1.63. The number of carbonyl (C=O) groups excluding carboxylic acids is 1. The van der Waals surface area contributed by atoms with E-state index in [1.54, 1.807) is 0 Å². The fourth-order valence-electron chi connectivity index (χ4n) is 0.628. The Morgan fingerprint density at radius 2 is 2.11 bits per heavy atom. The van der Waals surface area contributed by atoms with Crippen LogP contribution in [0.25, 0.3) is 0 Å². The zero-order valence-corrected chi connectivity index (χ0v) is 6.69. The number of hydrogen-bond donors (Lipinski definition) is 2. The Kier molecular flexibility index (Phi) is 3.70. The second kappa shape index (κ2) is 3.77. The van der Waals surface area contributed by atoms with Crippen LogP contribution in [-0.2, 0) is 4.79 Å². The molecule has 0 aromatic carbocycles. The molecule has 0 rings (SSSR count). The van der Waals surface area contributed by atoms with Crippen LogP contribution in [0.3, 0.4) is 0 Å². The van der Waals surface area contributed by atoms with Crippen LogP contribution < -0.4 is 5.73 Å². The molecule has 0 saturated heterocycles. The van der Waals surface area contributed by atoms with E-state index in [9.17, 15) is 4.79 Å². The number of primary amides is 1. The molecule has 0 spiro atoms. The Bertz CT molecular complexity index is 103. The zero-order valence-electron chi connectivity index (χ0n) is 5.79. The van der Waals surface area contributed by atoms with Gasteiger partial charge in [0.2, 0.25) is 5.91 Å². The fourth-order valence-corrected chi connectivity index (χ4v) is 0.944. The van der Waals surface area contributed by atoms with Crippen LogP contribution in [0.4, 0.5) is 0 Å². The minimum absolute atomic E-state index is 0.0440. The van der Waals surface area contributed by atoms with Gasteiger partial charge in [0.25, 0.3) is 0 Å². The maximum Gasteiger partial charge on any atom is 0.220 e. The van der Waals surface area contributed by atoms with Gasteiger partial charge in [-0.3, -0.25) is 4.79 Å². The summed E-state index contributed by atoms with van der Waals surface area (Å²) >= 11 is 4.12. The Labute approximate surface area is 61.2 Å². The first-order valence-electron chi connectivity index (χ1n) is 3.01. The number of hydrogen-bond acceptors (Lipinski definition) is 2. The highest BCUT2D eigenvalue weighted by Gasteiger charge is 2.09. The normalized spacial score (nSPS) is 16.8. The molecule has 2 N–H and O–H groups in total. The molecule has 0 aliphatic carbocycles. The third-order valence-electron chi connectivity index (χ3n) is 1.18. The van der Waals surface area contributed by atoms with E-state index in [-0.39, 0.29) is 17.1 Å². The van der Waals surface area contributed by atoms with Crippen molar-refractivity contribution in [3.63, 3.8) is 0 Å². The first-order valence-corrected chi connectivity index (χ1v) is 3.53. The molecule has 0 bridgehead atoms. The van der Waals surface area contributed by atoms with Gasteiger partial charge in [-0.1, -0.05) is 13.8 Å². The molecule has 0 fully saturated rings. The van der Waals surface area contributed by atoms with Crippen molar-refractivity contribution in [2.75, 3.05) is 0 Å². The summed E-state index contributed by atoms with van der Waals surface area (Å²) in [6.07, 6.45) is 0.762. The third-order valence-corrected chi connectivity index (χ3v) is 1.39. The minimum atomic E-state index is -0.240. The number of carbonyl (C=O) groups is 1. The molecule has 0 aromatic heterocycles. The third kappa shape index (κ3) is 4.33. The van der Waals surface area contributed by atoms with Gasteiger partial charge in [-0.25, -0.2) is 0 Å². The van der Waals surface area contributed by atoms with Gasteiger partial charge in [0.1, 0.15) is 0 Å². The molecule has 0 heterocycles. The summed E-state index contributed by atoms with van der Waals surface area (Å²) in [7, 11) is 0. The predicted molar refractivity (Wildman–Crippen MR) is 41.4 cm³/mol. The van der Waals surface area contributed by atoms with Crippen LogP contribution >= 0.6 is 12.6 Å². The van der Waals surface area contributed by atoms with Gasteiger partial charge >= 0.3 is 0 Å². The quantitative estimate of drug-likeness (QED) is 0.570. The van der Waals surface area contributed by atoms with Crippen molar-refractivity contribution in [2.45, 2.75) is 25.5 Å². The summed E-state index contributed by atoms with van der Waals surface area (Å²) in [5, 5.41) is 0.257. The fraction of sp³-hybridized carbons (Fsp3) is 0.833. The van der Waals surface area contributed by atoms with Crippen molar-refractivity contribution in [1.82, 2.24) is 0 Å². The second-order valence-corrected chi connectivity index (χ2v) is 3.27. The van der Waals surface area contributed by atoms with Crippen molar-refractivity contribution in [3.05, 3.63) is 0 Å². The number of nitrogens with two attached hydrogens (primary N) is 1. The van der Waals surface area contributed by atoms with Crippen molar-refractivity contribution >= 4 is 18.5 Å². The first-order chi connectivity index (χ1) is 4.04. The van der Waals surface area contributed by atoms with Crippen LogP contribution in [0.1, 0.15) is 20.3 Å². The number of thiol groups is 1. The molecule has 54 valence electrons. The highest BCUT2D eigenvalue weighted by molar-refractivity contribution is 7.80. The Hall–Kier alpha value is -0.180. The van der Waals surface area contributed by atoms with Crippen LogP contribution in [0.2, 0.25) is 0 Å². The van der Waals surface area contributed by atoms with Gasteiger partial charge in [0, 0.05) is 5.92 Å². The molecule has 2 atom stereocenters. The van der Waals surface area contributed by atoms with Gasteiger partial charge in [0.15, 0.2) is 0 Å². The zero-order chi connectivity index (χ0) is 7.44. The lowest BCUT2D eigenvalue weighted by atomic mass is 10.1. The van der Waals surface area contributed by atoms with Gasteiger partial charge in [-0.15, -0.1) is 0 Å². The van der Waals surface area contributed by atoms with E-state index in [4.69, 9.17) is 5.73 Å². The molecule has 0 aliphatic heterocycles. The van der Waals surface area contributed by atoms with Crippen molar-refractivity contribution in [2.24, 2.45) is 11.7 Å². The van der Waals surface area contributed by atoms with E-state index in [0.717, 1.165) is 6.42 Å². The van der Waals surface area contributed by atoms with Crippen molar-refractivity contribution in [1.29, 1.82) is 0 Å². The van der Waals surface area contributed by atoms with E-state index in [1.807, 2.05) is 13.8 Å². The summed E-state index contributed by atoms with van der Waals surface area (Å²) in [4.78, 5) is 10.4. The Balaban J connectivity index is 3.50. The highest BCUT2D eigenvalue weighted by atomic mass is 32.1. The molecule has 0 saturated carbocycles. The van der Waals surface area contributed by atoms with E-state index < -0.39 is 0 Å². The first kappa shape index (κ1) is 8.82. The van der Waals surface area contributed by atoms with Gasteiger partial charge in [-0.05, 0) is 11.7 Å². The van der Waals surface area contributed by atoms with Crippen LogP contribution in [-0.4, -0.2) is 11.2 Å². The molecule has 9 heavy (non-hydrogen) atoms. The van der Waals surface area contributed by atoms with Gasteiger partial charge in [0.05, 0.1) is 0 Å². The summed E-state index contributed by atoms with van der Waals surface area (Å²) < 4.78 is 0. The molecular weight excluding hydrogens is 134 g/mol. The maximum atomic E-state index is 10.4. The highest BCUT2D eigenvalue weighted by Crippen LogP contribution is 2.08. The van der Waals surface area contributed by atoms with Gasteiger partial charge < -0.3 is 5.73 Å². The topological polar surface area (TPSA) is 43.1 Å².